The summed E-state index contributed by atoms with van der Waals surface area (Å²) in [6.07, 6.45) is 0. The monoisotopic (exact) mass is 1570 g/mol. The maximum Gasteiger partial charge on any atom is 0.104 e. The Bertz CT molecular complexity index is 9150. The Labute approximate surface area is 706 Å². The van der Waals surface area contributed by atoms with Crippen molar-refractivity contribution >= 4 is 174 Å². The summed E-state index contributed by atoms with van der Waals surface area (Å²) in [5.74, 6) is 0. The second-order valence-corrected chi connectivity index (χ2v) is 32.1. The molecule has 0 fully saturated rings. The highest BCUT2D eigenvalue weighted by Crippen LogP contribution is 2.53. The van der Waals surface area contributed by atoms with Crippen LogP contribution in [0, 0.1) is 45.3 Å². The van der Waals surface area contributed by atoms with Gasteiger partial charge in [0.15, 0.2) is 0 Å². The number of rotatable bonds is 9. The number of hydrogen-bond acceptors (Lipinski definition) is 4. The molecule has 0 spiro atoms. The summed E-state index contributed by atoms with van der Waals surface area (Å²) in [5, 5.41) is 67.8. The molecule has 18 aromatic carbocycles. The SMILES string of the molecule is N#Cc1c(-n2c3ccccc3c3ccccc32)c(-n2c3ccccc3c3ccccc32)c(C#N)c(-n2c3ccccc3c3cc(-c4ccc5c(c4)c4ccccc4n5-c4c(C#N)c(-n5c6ccccc6c6ccccc65)c(C#N)c(-n5c6ccccc6c6ccccc65)c4-n4c5ccccc5c5ccccc54)ccc32)c1-n1c2ccccc2c2ccccc21. The molecule has 0 unspecified atom stereocenters. The molecule has 8 aromatic heterocycles. The molecule has 12 heteroatoms. The highest BCUT2D eigenvalue weighted by molar-refractivity contribution is 6.20. The molecule has 8 heterocycles. The van der Waals surface area contributed by atoms with Crippen molar-refractivity contribution in [2.45, 2.75) is 0 Å². The molecule has 124 heavy (non-hydrogen) atoms. The van der Waals surface area contributed by atoms with Gasteiger partial charge in [0.05, 0.1) is 134 Å². The van der Waals surface area contributed by atoms with Crippen LogP contribution in [0.4, 0.5) is 0 Å². The first-order valence-corrected chi connectivity index (χ1v) is 41.6. The first-order chi connectivity index (χ1) is 61.5. The van der Waals surface area contributed by atoms with Gasteiger partial charge in [-0.3, -0.25) is 0 Å². The summed E-state index contributed by atoms with van der Waals surface area (Å²) in [7, 11) is 0. The predicted octanol–water partition coefficient (Wildman–Crippen LogP) is 27.6. The fraction of sp³-hybridized carbons (Fsp3) is 0. The Morgan fingerprint density at radius 2 is 0.258 bits per heavy atom. The first kappa shape index (κ1) is 68.4. The van der Waals surface area contributed by atoms with E-state index in [0.29, 0.717) is 67.8 Å². The van der Waals surface area contributed by atoms with Gasteiger partial charge in [0.1, 0.15) is 46.5 Å². The van der Waals surface area contributed by atoms with Gasteiger partial charge in [-0.2, -0.15) is 21.0 Å². The molecule has 0 bridgehead atoms. The second kappa shape index (κ2) is 25.9. The van der Waals surface area contributed by atoms with Crippen LogP contribution >= 0.6 is 0 Å². The van der Waals surface area contributed by atoms with E-state index in [1.807, 2.05) is 12.1 Å². The molecule has 0 radical (unpaired) electrons. The Morgan fingerprint density at radius 3 is 0.435 bits per heavy atom. The van der Waals surface area contributed by atoms with Crippen LogP contribution in [0.2, 0.25) is 0 Å². The third-order valence-corrected chi connectivity index (χ3v) is 26.2. The maximum atomic E-state index is 13.1. The molecule has 0 atom stereocenters. The van der Waals surface area contributed by atoms with Crippen LogP contribution in [0.3, 0.4) is 0 Å². The first-order valence-electron chi connectivity index (χ1n) is 41.6. The molecule has 0 saturated carbocycles. The van der Waals surface area contributed by atoms with Crippen molar-refractivity contribution in [3.05, 3.63) is 398 Å². The number of nitrogens with zero attached hydrogens (tertiary/aromatic N) is 12. The molecule has 0 aliphatic heterocycles. The number of benzene rings is 18. The summed E-state index contributed by atoms with van der Waals surface area (Å²) in [6, 6.07) is 143. The van der Waals surface area contributed by atoms with E-state index in [9.17, 15) is 21.0 Å². The van der Waals surface area contributed by atoms with E-state index < -0.39 is 0 Å². The number of nitriles is 4. The average Bonchev–Trinajstić information content (AvgIpc) is 1.49. The normalized spacial score (nSPS) is 12.0. The molecule has 0 amide bonds. The molecular formula is C112H62N12. The molecule has 0 saturated heterocycles. The van der Waals surface area contributed by atoms with Crippen LogP contribution < -0.4 is 0 Å². The topological polar surface area (TPSA) is 135 Å². The van der Waals surface area contributed by atoms with Crippen LogP contribution in [-0.2, 0) is 0 Å². The third-order valence-electron chi connectivity index (χ3n) is 26.2. The van der Waals surface area contributed by atoms with Crippen molar-refractivity contribution in [1.82, 2.24) is 36.5 Å². The van der Waals surface area contributed by atoms with Gasteiger partial charge in [0, 0.05) is 86.2 Å². The molecule has 570 valence electrons. The van der Waals surface area contributed by atoms with Crippen molar-refractivity contribution in [3.63, 3.8) is 0 Å². The van der Waals surface area contributed by atoms with E-state index in [2.05, 4.69) is 425 Å². The van der Waals surface area contributed by atoms with Gasteiger partial charge in [-0.25, -0.2) is 0 Å². The van der Waals surface area contributed by atoms with Gasteiger partial charge >= 0.3 is 0 Å². The van der Waals surface area contributed by atoms with E-state index in [0.717, 1.165) is 186 Å². The Kier molecular flexibility index (Phi) is 14.3. The van der Waals surface area contributed by atoms with E-state index >= 15 is 0 Å². The lowest BCUT2D eigenvalue weighted by Crippen LogP contribution is -2.16. The number of hydrogen-bond donors (Lipinski definition) is 0. The summed E-state index contributed by atoms with van der Waals surface area (Å²) in [4.78, 5) is 0. The minimum absolute atomic E-state index is 0.310. The second-order valence-electron chi connectivity index (χ2n) is 32.1. The smallest absolute Gasteiger partial charge is 0.104 e. The summed E-state index contributed by atoms with van der Waals surface area (Å²) in [5.41, 5.74) is 21.8. The maximum absolute atomic E-state index is 13.1. The van der Waals surface area contributed by atoms with Crippen molar-refractivity contribution in [3.8, 4) is 80.9 Å². The van der Waals surface area contributed by atoms with Crippen LogP contribution in [0.1, 0.15) is 22.3 Å². The predicted molar refractivity (Wildman–Crippen MR) is 505 cm³/mol. The highest BCUT2D eigenvalue weighted by atomic mass is 15.1. The lowest BCUT2D eigenvalue weighted by Gasteiger charge is -2.27. The molecule has 26 aromatic rings. The number of aromatic nitrogens is 8. The zero-order valence-corrected chi connectivity index (χ0v) is 66.2. The standard InChI is InChI=1S/C112H62N12/c113-63-85-105(117-89-43-15-1-29-69(89)70-30-2-16-44-90(70)117)86(64-114)111(112(124-99-53-25-11-39-79(99)80-40-12-26-54-100(80)124)110(85)121-97-51-23-9-37-77(97)78-38-10-24-52-98(78)121)123-102-56-28-14-42-82(102)84-62-68(58-60-104(84)123)67-57-59-103-83(61-67)81-41-13-27-55-101(81)122(103)109-88(66-116)107(119-93-47-19-5-33-73(93)74-34-6-20-48-94(74)119)106(118-91-45-17-3-31-71(91)72-32-4-18-46-92(72)118)87(65-115)108(109)120-95-49-21-7-35-75(95)76-36-8-22-50-96(76)120/h1-62H. The van der Waals surface area contributed by atoms with Crippen molar-refractivity contribution in [1.29, 1.82) is 21.0 Å². The van der Waals surface area contributed by atoms with Gasteiger partial charge in [0.2, 0.25) is 0 Å². The Balaban J connectivity index is 0.781. The van der Waals surface area contributed by atoms with Crippen LogP contribution in [0.25, 0.3) is 231 Å². The van der Waals surface area contributed by atoms with Gasteiger partial charge in [-0.1, -0.05) is 267 Å². The highest BCUT2D eigenvalue weighted by Gasteiger charge is 2.38. The summed E-state index contributed by atoms with van der Waals surface area (Å²) < 4.78 is 18.0. The molecular weight excluding hydrogens is 1510 g/mol. The van der Waals surface area contributed by atoms with E-state index in [1.165, 1.54) is 0 Å². The summed E-state index contributed by atoms with van der Waals surface area (Å²) >= 11 is 0. The minimum atomic E-state index is 0.310. The fourth-order valence-electron chi connectivity index (χ4n) is 21.3. The molecule has 0 aliphatic rings. The average molecular weight is 1580 g/mol. The largest absolute Gasteiger partial charge is 0.306 e. The fourth-order valence-corrected chi connectivity index (χ4v) is 21.3. The zero-order valence-electron chi connectivity index (χ0n) is 66.2. The van der Waals surface area contributed by atoms with E-state index in [1.54, 1.807) is 0 Å². The van der Waals surface area contributed by atoms with Crippen molar-refractivity contribution in [2.75, 3.05) is 0 Å². The van der Waals surface area contributed by atoms with Crippen molar-refractivity contribution < 1.29 is 0 Å². The molecule has 26 rings (SSSR count). The lowest BCUT2D eigenvalue weighted by atomic mass is 9.98. The Hall–Kier alpha value is -17.7. The van der Waals surface area contributed by atoms with Gasteiger partial charge < -0.3 is 36.5 Å². The van der Waals surface area contributed by atoms with Gasteiger partial charge in [-0.05, 0) is 120 Å². The number of fused-ring (bicyclic) bond motifs is 24. The third kappa shape index (κ3) is 9.07. The molecule has 0 N–H and O–H groups in total. The van der Waals surface area contributed by atoms with Crippen LogP contribution in [-0.4, -0.2) is 36.5 Å². The van der Waals surface area contributed by atoms with Crippen LogP contribution in [0.5, 0.6) is 0 Å². The van der Waals surface area contributed by atoms with Gasteiger partial charge in [0.25, 0.3) is 0 Å². The van der Waals surface area contributed by atoms with Crippen LogP contribution in [0.15, 0.2) is 376 Å². The Morgan fingerprint density at radius 1 is 0.129 bits per heavy atom. The van der Waals surface area contributed by atoms with Gasteiger partial charge in [-0.15, -0.1) is 0 Å². The molecule has 12 nitrogen and oxygen atoms in total. The number of para-hydroxylation sites is 14. The van der Waals surface area contributed by atoms with E-state index in [-0.39, 0.29) is 0 Å². The quantitative estimate of drug-likeness (QED) is 0.142. The summed E-state index contributed by atoms with van der Waals surface area (Å²) in [6.45, 7) is 0. The zero-order chi connectivity index (χ0) is 81.8. The van der Waals surface area contributed by atoms with Crippen molar-refractivity contribution in [2.24, 2.45) is 0 Å². The van der Waals surface area contributed by atoms with E-state index in [4.69, 9.17) is 0 Å². The molecule has 0 aliphatic carbocycles. The lowest BCUT2D eigenvalue weighted by molar-refractivity contribution is 1.02. The minimum Gasteiger partial charge on any atom is -0.306 e.